The first-order valence-electron chi connectivity index (χ1n) is 4.22. The van der Waals surface area contributed by atoms with E-state index in [1.807, 2.05) is 0 Å². The maximum Gasteiger partial charge on any atom is 0.420 e. The number of halogens is 3. The average Bonchev–Trinajstić information content (AvgIpc) is 2.46. The predicted molar refractivity (Wildman–Crippen MR) is 50.6 cm³/mol. The number of nitrogens with zero attached hydrogens (tertiary/aromatic N) is 1. The SMILES string of the molecule is CNCc1sc(C(O)C(F)(F)F)nc1C. The molecule has 0 radical (unpaired) electrons. The highest BCUT2D eigenvalue weighted by Gasteiger charge is 2.41. The van der Waals surface area contributed by atoms with Crippen molar-refractivity contribution in [3.05, 3.63) is 15.6 Å². The third kappa shape index (κ3) is 2.90. The topological polar surface area (TPSA) is 45.1 Å². The summed E-state index contributed by atoms with van der Waals surface area (Å²) >= 11 is 0.875. The van der Waals surface area contributed by atoms with Crippen LogP contribution in [0, 0.1) is 6.92 Å². The molecule has 0 fully saturated rings. The standard InChI is InChI=1S/C8H11F3N2OS/c1-4-5(3-12-2)15-7(13-4)6(14)8(9,10)11/h6,12,14H,3H2,1-2H3. The molecule has 3 nitrogen and oxygen atoms in total. The van der Waals surface area contributed by atoms with Gasteiger partial charge in [-0.3, -0.25) is 0 Å². The van der Waals surface area contributed by atoms with E-state index >= 15 is 0 Å². The molecule has 86 valence electrons. The summed E-state index contributed by atoms with van der Waals surface area (Å²) in [5.41, 5.74) is 0.521. The Kier molecular flexibility index (Phi) is 3.69. The van der Waals surface area contributed by atoms with Crippen molar-refractivity contribution >= 4 is 11.3 Å². The van der Waals surface area contributed by atoms with Crippen LogP contribution < -0.4 is 5.32 Å². The minimum Gasteiger partial charge on any atom is -0.377 e. The molecule has 0 amide bonds. The van der Waals surface area contributed by atoms with Crippen molar-refractivity contribution in [2.24, 2.45) is 0 Å². The molecule has 15 heavy (non-hydrogen) atoms. The molecule has 7 heteroatoms. The number of hydrogen-bond donors (Lipinski definition) is 2. The van der Waals surface area contributed by atoms with Crippen LogP contribution >= 0.6 is 11.3 Å². The fraction of sp³-hybridized carbons (Fsp3) is 0.625. The maximum absolute atomic E-state index is 12.2. The van der Waals surface area contributed by atoms with Gasteiger partial charge < -0.3 is 10.4 Å². The first kappa shape index (κ1) is 12.4. The Morgan fingerprint density at radius 2 is 2.13 bits per heavy atom. The van der Waals surface area contributed by atoms with Gasteiger partial charge in [-0.1, -0.05) is 0 Å². The van der Waals surface area contributed by atoms with Gasteiger partial charge in [0.2, 0.25) is 6.10 Å². The van der Waals surface area contributed by atoms with Crippen LogP contribution in [-0.4, -0.2) is 23.3 Å². The molecule has 1 rings (SSSR count). The summed E-state index contributed by atoms with van der Waals surface area (Å²) in [6.45, 7) is 2.07. The van der Waals surface area contributed by atoms with Gasteiger partial charge >= 0.3 is 6.18 Å². The molecule has 0 aliphatic rings. The second kappa shape index (κ2) is 4.46. The van der Waals surface area contributed by atoms with E-state index in [4.69, 9.17) is 5.11 Å². The van der Waals surface area contributed by atoms with E-state index in [2.05, 4.69) is 10.3 Å². The zero-order chi connectivity index (χ0) is 11.6. The number of aliphatic hydroxyl groups excluding tert-OH is 1. The van der Waals surface area contributed by atoms with Crippen molar-refractivity contribution < 1.29 is 18.3 Å². The fourth-order valence-corrected chi connectivity index (χ4v) is 2.12. The van der Waals surface area contributed by atoms with E-state index in [-0.39, 0.29) is 5.01 Å². The molecule has 0 spiro atoms. The minimum absolute atomic E-state index is 0.301. The molecule has 0 aliphatic heterocycles. The third-order valence-electron chi connectivity index (χ3n) is 1.79. The fourth-order valence-electron chi connectivity index (χ4n) is 1.03. The molecule has 1 aromatic rings. The Labute approximate surface area is 89.0 Å². The van der Waals surface area contributed by atoms with Crippen molar-refractivity contribution in [1.29, 1.82) is 0 Å². The number of nitrogens with one attached hydrogen (secondary N) is 1. The number of thiazole rings is 1. The number of hydrogen-bond acceptors (Lipinski definition) is 4. The van der Waals surface area contributed by atoms with Crippen LogP contribution in [0.3, 0.4) is 0 Å². The lowest BCUT2D eigenvalue weighted by Gasteiger charge is -2.10. The van der Waals surface area contributed by atoms with E-state index in [1.165, 1.54) is 0 Å². The Morgan fingerprint density at radius 3 is 2.60 bits per heavy atom. The predicted octanol–water partition coefficient (Wildman–Crippen LogP) is 1.77. The first-order chi connectivity index (χ1) is 6.86. The minimum atomic E-state index is -4.65. The number of aliphatic hydroxyl groups is 1. The monoisotopic (exact) mass is 240 g/mol. The van der Waals surface area contributed by atoms with E-state index in [0.717, 1.165) is 11.3 Å². The molecular weight excluding hydrogens is 229 g/mol. The second-order valence-electron chi connectivity index (χ2n) is 3.04. The van der Waals surface area contributed by atoms with Crippen molar-refractivity contribution in [2.45, 2.75) is 25.7 Å². The summed E-state index contributed by atoms with van der Waals surface area (Å²) in [7, 11) is 1.69. The number of aryl methyl sites for hydroxylation is 1. The van der Waals surface area contributed by atoms with Gasteiger partial charge in [-0.05, 0) is 14.0 Å². The lowest BCUT2D eigenvalue weighted by molar-refractivity contribution is -0.206. The number of alkyl halides is 3. The highest BCUT2D eigenvalue weighted by Crippen LogP contribution is 2.35. The smallest absolute Gasteiger partial charge is 0.377 e. The molecule has 0 saturated carbocycles. The Morgan fingerprint density at radius 1 is 1.53 bits per heavy atom. The summed E-state index contributed by atoms with van der Waals surface area (Å²) < 4.78 is 36.5. The molecule has 0 saturated heterocycles. The third-order valence-corrected chi connectivity index (χ3v) is 3.00. The van der Waals surface area contributed by atoms with Crippen LogP contribution in [-0.2, 0) is 6.54 Å². The normalized spacial score (nSPS) is 14.3. The lowest BCUT2D eigenvalue weighted by atomic mass is 10.3. The van der Waals surface area contributed by atoms with Gasteiger partial charge in [0, 0.05) is 11.4 Å². The molecule has 1 aromatic heterocycles. The van der Waals surface area contributed by atoms with Gasteiger partial charge in [-0.2, -0.15) is 13.2 Å². The lowest BCUT2D eigenvalue weighted by Crippen LogP contribution is -2.19. The van der Waals surface area contributed by atoms with Crippen LogP contribution in [0.15, 0.2) is 0 Å². The van der Waals surface area contributed by atoms with Crippen LogP contribution in [0.2, 0.25) is 0 Å². The summed E-state index contributed by atoms with van der Waals surface area (Å²) in [6, 6.07) is 0. The Bertz CT molecular complexity index is 337. The van der Waals surface area contributed by atoms with Crippen LogP contribution in [0.4, 0.5) is 13.2 Å². The highest BCUT2D eigenvalue weighted by atomic mass is 32.1. The molecule has 0 bridgehead atoms. The quantitative estimate of drug-likeness (QED) is 0.846. The average molecular weight is 240 g/mol. The van der Waals surface area contributed by atoms with Crippen molar-refractivity contribution in [3.8, 4) is 0 Å². The molecule has 2 N–H and O–H groups in total. The van der Waals surface area contributed by atoms with Gasteiger partial charge in [-0.15, -0.1) is 11.3 Å². The summed E-state index contributed by atoms with van der Waals surface area (Å²) in [5.74, 6) is 0. The molecule has 1 unspecified atom stereocenters. The molecule has 1 atom stereocenters. The number of rotatable bonds is 3. The summed E-state index contributed by atoms with van der Waals surface area (Å²) in [5, 5.41) is 11.5. The van der Waals surface area contributed by atoms with E-state index in [0.29, 0.717) is 17.1 Å². The second-order valence-corrected chi connectivity index (χ2v) is 4.15. The molecule has 0 aromatic carbocycles. The van der Waals surface area contributed by atoms with Crippen LogP contribution in [0.25, 0.3) is 0 Å². The van der Waals surface area contributed by atoms with E-state index in [1.54, 1.807) is 14.0 Å². The molecule has 0 aliphatic carbocycles. The van der Waals surface area contributed by atoms with E-state index < -0.39 is 12.3 Å². The summed E-state index contributed by atoms with van der Waals surface area (Å²) in [6.07, 6.45) is -7.13. The highest BCUT2D eigenvalue weighted by molar-refractivity contribution is 7.11. The van der Waals surface area contributed by atoms with E-state index in [9.17, 15) is 13.2 Å². The Hall–Kier alpha value is -0.660. The first-order valence-corrected chi connectivity index (χ1v) is 5.03. The zero-order valence-corrected chi connectivity index (χ0v) is 9.04. The largest absolute Gasteiger partial charge is 0.420 e. The number of aromatic nitrogens is 1. The van der Waals surface area contributed by atoms with Gasteiger partial charge in [0.15, 0.2) is 0 Å². The summed E-state index contributed by atoms with van der Waals surface area (Å²) in [4.78, 5) is 4.41. The molecule has 1 heterocycles. The van der Waals surface area contributed by atoms with Crippen molar-refractivity contribution in [2.75, 3.05) is 7.05 Å². The molecular formula is C8H11F3N2OS. The van der Waals surface area contributed by atoms with Gasteiger partial charge in [0.25, 0.3) is 0 Å². The van der Waals surface area contributed by atoms with Gasteiger partial charge in [0.05, 0.1) is 5.69 Å². The Balaban J connectivity index is 2.92. The van der Waals surface area contributed by atoms with Crippen molar-refractivity contribution in [3.63, 3.8) is 0 Å². The zero-order valence-electron chi connectivity index (χ0n) is 8.22. The van der Waals surface area contributed by atoms with Gasteiger partial charge in [0.1, 0.15) is 5.01 Å². The van der Waals surface area contributed by atoms with Crippen LogP contribution in [0.5, 0.6) is 0 Å². The van der Waals surface area contributed by atoms with Crippen molar-refractivity contribution in [1.82, 2.24) is 10.3 Å². The van der Waals surface area contributed by atoms with Gasteiger partial charge in [-0.25, -0.2) is 4.98 Å². The van der Waals surface area contributed by atoms with Crippen LogP contribution in [0.1, 0.15) is 21.7 Å². The maximum atomic E-state index is 12.2.